The van der Waals surface area contributed by atoms with Gasteiger partial charge >= 0.3 is 0 Å². The molecule has 0 saturated carbocycles. The number of thioether (sulfide) groups is 1. The van der Waals surface area contributed by atoms with Crippen LogP contribution in [0.1, 0.15) is 19.4 Å². The maximum Gasteiger partial charge on any atom is 0.237 e. The summed E-state index contributed by atoms with van der Waals surface area (Å²) in [7, 11) is 0. The van der Waals surface area contributed by atoms with Crippen LogP contribution < -0.4 is 5.32 Å². The van der Waals surface area contributed by atoms with E-state index >= 15 is 0 Å². The first-order valence-corrected chi connectivity index (χ1v) is 11.9. The Morgan fingerprint density at radius 3 is 2.74 bits per heavy atom. The summed E-state index contributed by atoms with van der Waals surface area (Å²) >= 11 is 8.90. The van der Waals surface area contributed by atoms with Gasteiger partial charge in [0, 0.05) is 16.0 Å². The second-order valence-electron chi connectivity index (χ2n) is 6.97. The summed E-state index contributed by atoms with van der Waals surface area (Å²) in [5.41, 5.74) is 3.72. The van der Waals surface area contributed by atoms with Crippen molar-refractivity contribution in [1.29, 1.82) is 0 Å². The number of anilines is 1. The van der Waals surface area contributed by atoms with Gasteiger partial charge in [0.05, 0.1) is 16.3 Å². The molecule has 5 nitrogen and oxygen atoms in total. The first kappa shape index (κ1) is 21.6. The van der Waals surface area contributed by atoms with E-state index in [4.69, 9.17) is 11.6 Å². The number of nitrogens with zero attached hydrogens (tertiary/aromatic N) is 2. The number of aryl methyl sites for hydroxylation is 1. The van der Waals surface area contributed by atoms with E-state index in [2.05, 4.69) is 51.9 Å². The number of aromatic nitrogens is 2. The van der Waals surface area contributed by atoms with Gasteiger partial charge in [-0.3, -0.25) is 4.79 Å². The number of phenolic OH excluding ortho intramolecular Hbond substituents is 1. The molecule has 0 aliphatic heterocycles. The predicted octanol–water partition coefficient (Wildman–Crippen LogP) is 6.40. The fraction of sp³-hybridized carbons (Fsp3) is 0.174. The van der Waals surface area contributed by atoms with Crippen molar-refractivity contribution < 1.29 is 9.90 Å². The van der Waals surface area contributed by atoms with Crippen molar-refractivity contribution in [3.63, 3.8) is 0 Å². The SMILES string of the molecule is CCc1ccc(-c2csc3ncnc(SC(C)C(=O)Nc4cc(Cl)ccc4O)c23)cc1. The molecular formula is C23H20ClN3O2S2. The second kappa shape index (κ2) is 9.26. The van der Waals surface area contributed by atoms with Crippen molar-refractivity contribution in [2.24, 2.45) is 0 Å². The summed E-state index contributed by atoms with van der Waals surface area (Å²) in [4.78, 5) is 22.5. The molecule has 0 aliphatic carbocycles. The van der Waals surface area contributed by atoms with Crippen LogP contribution in [0.15, 0.2) is 59.2 Å². The molecule has 0 spiro atoms. The highest BCUT2D eigenvalue weighted by Gasteiger charge is 2.21. The van der Waals surface area contributed by atoms with Crippen LogP contribution in [0.5, 0.6) is 5.75 Å². The number of rotatable bonds is 6. The van der Waals surface area contributed by atoms with Crippen LogP contribution in [-0.4, -0.2) is 26.2 Å². The Labute approximate surface area is 193 Å². The minimum Gasteiger partial charge on any atom is -0.506 e. The number of carbonyl (C=O) groups is 1. The van der Waals surface area contributed by atoms with Crippen molar-refractivity contribution in [2.45, 2.75) is 30.5 Å². The number of carbonyl (C=O) groups excluding carboxylic acids is 1. The maximum atomic E-state index is 12.8. The molecule has 0 saturated heterocycles. The Hall–Kier alpha value is -2.61. The van der Waals surface area contributed by atoms with Crippen LogP contribution in [0.25, 0.3) is 21.3 Å². The largest absolute Gasteiger partial charge is 0.506 e. The lowest BCUT2D eigenvalue weighted by molar-refractivity contribution is -0.115. The zero-order valence-corrected chi connectivity index (χ0v) is 19.3. The van der Waals surface area contributed by atoms with Gasteiger partial charge in [-0.05, 0) is 42.7 Å². The molecule has 31 heavy (non-hydrogen) atoms. The molecule has 0 fully saturated rings. The van der Waals surface area contributed by atoms with Crippen LogP contribution in [0.4, 0.5) is 5.69 Å². The number of fused-ring (bicyclic) bond motifs is 1. The number of phenols is 1. The maximum absolute atomic E-state index is 12.8. The lowest BCUT2D eigenvalue weighted by Crippen LogP contribution is -2.22. The molecule has 1 atom stereocenters. The average molecular weight is 470 g/mol. The molecule has 1 amide bonds. The monoisotopic (exact) mass is 469 g/mol. The van der Waals surface area contributed by atoms with Gasteiger partial charge in [-0.2, -0.15) is 0 Å². The minimum absolute atomic E-state index is 0.0324. The third kappa shape index (κ3) is 4.69. The number of halogens is 1. The number of aromatic hydroxyl groups is 1. The van der Waals surface area contributed by atoms with Crippen molar-refractivity contribution in [1.82, 2.24) is 9.97 Å². The third-order valence-electron chi connectivity index (χ3n) is 4.88. The number of nitrogens with one attached hydrogen (secondary N) is 1. The van der Waals surface area contributed by atoms with Crippen molar-refractivity contribution in [3.8, 4) is 16.9 Å². The van der Waals surface area contributed by atoms with Gasteiger partial charge in [0.15, 0.2) is 0 Å². The first-order valence-electron chi connectivity index (χ1n) is 9.73. The Bertz CT molecular complexity index is 1240. The van der Waals surface area contributed by atoms with E-state index in [1.807, 2.05) is 0 Å². The highest BCUT2D eigenvalue weighted by Crippen LogP contribution is 2.39. The molecule has 0 radical (unpaired) electrons. The minimum atomic E-state index is -0.452. The van der Waals surface area contributed by atoms with E-state index in [1.54, 1.807) is 24.3 Å². The molecule has 2 N–H and O–H groups in total. The molecular weight excluding hydrogens is 450 g/mol. The molecule has 4 aromatic rings. The average Bonchev–Trinajstić information content (AvgIpc) is 3.21. The zero-order chi connectivity index (χ0) is 22.0. The Kier molecular flexibility index (Phi) is 6.46. The molecule has 1 unspecified atom stereocenters. The standard InChI is InChI=1S/C23H20ClN3O2S2/c1-3-14-4-6-15(7-5-14)17-11-30-22-20(17)23(26-12-25-22)31-13(2)21(29)27-18-10-16(24)8-9-19(18)28/h4-13,28H,3H2,1-2H3,(H,27,29). The second-order valence-corrected chi connectivity index (χ2v) is 9.59. The zero-order valence-electron chi connectivity index (χ0n) is 16.9. The van der Waals surface area contributed by atoms with Crippen molar-refractivity contribution in [3.05, 3.63) is 64.8 Å². The number of thiophene rings is 1. The Morgan fingerprint density at radius 2 is 2.00 bits per heavy atom. The van der Waals surface area contributed by atoms with Gasteiger partial charge in [0.25, 0.3) is 0 Å². The number of hydrogen-bond acceptors (Lipinski definition) is 6. The normalized spacial score (nSPS) is 12.1. The lowest BCUT2D eigenvalue weighted by atomic mass is 10.0. The van der Waals surface area contributed by atoms with E-state index in [-0.39, 0.29) is 17.3 Å². The van der Waals surface area contributed by atoms with Crippen LogP contribution >= 0.6 is 34.7 Å². The van der Waals surface area contributed by atoms with Crippen molar-refractivity contribution in [2.75, 3.05) is 5.32 Å². The van der Waals surface area contributed by atoms with Crippen LogP contribution in [0.3, 0.4) is 0 Å². The summed E-state index contributed by atoms with van der Waals surface area (Å²) in [6.45, 7) is 3.94. The smallest absolute Gasteiger partial charge is 0.237 e. The molecule has 4 rings (SSSR count). The van der Waals surface area contributed by atoms with E-state index in [0.29, 0.717) is 5.02 Å². The van der Waals surface area contributed by atoms with E-state index in [1.165, 1.54) is 35.8 Å². The van der Waals surface area contributed by atoms with Crippen molar-refractivity contribution >= 4 is 56.5 Å². The quantitative estimate of drug-likeness (QED) is 0.194. The van der Waals surface area contributed by atoms with Gasteiger partial charge in [-0.15, -0.1) is 11.3 Å². The molecule has 2 aromatic heterocycles. The van der Waals surface area contributed by atoms with Crippen LogP contribution in [0.2, 0.25) is 5.02 Å². The highest BCUT2D eigenvalue weighted by atomic mass is 35.5. The molecule has 2 heterocycles. The summed E-state index contributed by atoms with van der Waals surface area (Å²) in [6, 6.07) is 13.0. The molecule has 158 valence electrons. The van der Waals surface area contributed by atoms with Crippen LogP contribution in [0, 0.1) is 0 Å². The summed E-state index contributed by atoms with van der Waals surface area (Å²) in [6.07, 6.45) is 2.52. The Balaban J connectivity index is 1.61. The van der Waals surface area contributed by atoms with E-state index < -0.39 is 5.25 Å². The third-order valence-corrected chi connectivity index (χ3v) is 7.10. The fourth-order valence-corrected chi connectivity index (χ4v) is 5.22. The van der Waals surface area contributed by atoms with E-state index in [9.17, 15) is 9.90 Å². The predicted molar refractivity (Wildman–Crippen MR) is 129 cm³/mol. The molecule has 0 bridgehead atoms. The van der Waals surface area contributed by atoms with Gasteiger partial charge in [0.1, 0.15) is 21.9 Å². The van der Waals surface area contributed by atoms with Crippen LogP contribution in [-0.2, 0) is 11.2 Å². The highest BCUT2D eigenvalue weighted by molar-refractivity contribution is 8.00. The number of benzene rings is 2. The summed E-state index contributed by atoms with van der Waals surface area (Å²) in [5.74, 6) is -0.284. The first-order chi connectivity index (χ1) is 15.0. The summed E-state index contributed by atoms with van der Waals surface area (Å²) in [5, 5.41) is 16.5. The van der Waals surface area contributed by atoms with Gasteiger partial charge in [0.2, 0.25) is 5.91 Å². The summed E-state index contributed by atoms with van der Waals surface area (Å²) < 4.78 is 0. The van der Waals surface area contributed by atoms with Gasteiger partial charge < -0.3 is 10.4 Å². The molecule has 0 aliphatic rings. The number of hydrogen-bond donors (Lipinski definition) is 2. The van der Waals surface area contributed by atoms with Gasteiger partial charge in [-0.1, -0.05) is 54.6 Å². The molecule has 8 heteroatoms. The molecule has 2 aromatic carbocycles. The number of amides is 1. The Morgan fingerprint density at radius 1 is 1.23 bits per heavy atom. The van der Waals surface area contributed by atoms with E-state index in [0.717, 1.165) is 32.8 Å². The lowest BCUT2D eigenvalue weighted by Gasteiger charge is -2.13. The topological polar surface area (TPSA) is 75.1 Å². The fourth-order valence-electron chi connectivity index (χ4n) is 3.13. The van der Waals surface area contributed by atoms with Gasteiger partial charge in [-0.25, -0.2) is 9.97 Å².